The monoisotopic (exact) mass is 274 g/mol. The number of nitrogens with one attached hydrogen (secondary N) is 1. The molecule has 1 saturated heterocycles. The highest BCUT2D eigenvalue weighted by molar-refractivity contribution is 5.41. The highest BCUT2D eigenvalue weighted by atomic mass is 19.4. The summed E-state index contributed by atoms with van der Waals surface area (Å²) >= 11 is 0. The zero-order chi connectivity index (χ0) is 13.9. The molecule has 3 nitrogen and oxygen atoms in total. The molecular weight excluding hydrogens is 257 g/mol. The van der Waals surface area contributed by atoms with Gasteiger partial charge in [-0.3, -0.25) is 0 Å². The Balaban J connectivity index is 2.10. The molecule has 1 aromatic rings. The first kappa shape index (κ1) is 14.1. The molecule has 0 saturated carbocycles. The van der Waals surface area contributed by atoms with Crippen LogP contribution in [0.25, 0.3) is 0 Å². The van der Waals surface area contributed by atoms with E-state index in [-0.39, 0.29) is 17.7 Å². The van der Waals surface area contributed by atoms with Gasteiger partial charge in [-0.1, -0.05) is 6.07 Å². The fourth-order valence-corrected chi connectivity index (χ4v) is 2.31. The molecule has 106 valence electrons. The van der Waals surface area contributed by atoms with Crippen LogP contribution in [0.5, 0.6) is 5.75 Å². The smallest absolute Gasteiger partial charge is 0.416 e. The summed E-state index contributed by atoms with van der Waals surface area (Å²) in [5, 5.41) is 12.8. The summed E-state index contributed by atoms with van der Waals surface area (Å²) in [5.41, 5.74) is -0.740. The number of piperazine rings is 1. The van der Waals surface area contributed by atoms with Gasteiger partial charge in [0.15, 0.2) is 0 Å². The lowest BCUT2D eigenvalue weighted by Gasteiger charge is -2.27. The van der Waals surface area contributed by atoms with E-state index in [1.165, 1.54) is 12.1 Å². The molecule has 1 fully saturated rings. The van der Waals surface area contributed by atoms with Crippen LogP contribution in [0.4, 0.5) is 13.2 Å². The third-order valence-electron chi connectivity index (χ3n) is 3.34. The lowest BCUT2D eigenvalue weighted by molar-refractivity contribution is -0.138. The number of halogens is 3. The Bertz CT molecular complexity index is 428. The number of aromatic hydroxyl groups is 1. The van der Waals surface area contributed by atoms with Gasteiger partial charge in [-0.2, -0.15) is 13.2 Å². The first-order chi connectivity index (χ1) is 8.98. The summed E-state index contributed by atoms with van der Waals surface area (Å²) in [7, 11) is 0. The maximum Gasteiger partial charge on any atom is 0.416 e. The number of phenols is 1. The minimum atomic E-state index is -4.42. The van der Waals surface area contributed by atoms with Crippen LogP contribution in [0, 0.1) is 0 Å². The minimum absolute atomic E-state index is 0.00599. The van der Waals surface area contributed by atoms with Gasteiger partial charge in [0.25, 0.3) is 0 Å². The predicted octanol–water partition coefficient (Wildman–Crippen LogP) is 1.86. The molecule has 0 spiro atoms. The number of phenolic OH excluding ortho intramolecular Hbond substituents is 1. The second-order valence-electron chi connectivity index (χ2n) is 4.64. The van der Waals surface area contributed by atoms with Crippen molar-refractivity contribution in [2.45, 2.75) is 12.6 Å². The molecule has 2 N–H and O–H groups in total. The second kappa shape index (κ2) is 5.79. The SMILES string of the molecule is Oc1cccc(C(F)(F)F)c1CCN1CCNCC1. The Kier molecular flexibility index (Phi) is 4.31. The molecule has 0 atom stereocenters. The van der Waals surface area contributed by atoms with E-state index in [1.54, 1.807) is 0 Å². The summed E-state index contributed by atoms with van der Waals surface area (Å²) < 4.78 is 38.6. The van der Waals surface area contributed by atoms with Crippen molar-refractivity contribution in [2.24, 2.45) is 0 Å². The summed E-state index contributed by atoms with van der Waals surface area (Å²) in [5.74, 6) is -0.273. The number of nitrogens with zero attached hydrogens (tertiary/aromatic N) is 1. The average Bonchev–Trinajstić information content (AvgIpc) is 2.37. The maximum atomic E-state index is 12.9. The van der Waals surface area contributed by atoms with Gasteiger partial charge >= 0.3 is 6.18 Å². The summed E-state index contributed by atoms with van der Waals surface area (Å²) in [6.07, 6.45) is -4.21. The van der Waals surface area contributed by atoms with Crippen molar-refractivity contribution in [1.82, 2.24) is 10.2 Å². The minimum Gasteiger partial charge on any atom is -0.508 e. The molecule has 0 aliphatic carbocycles. The van der Waals surface area contributed by atoms with E-state index in [2.05, 4.69) is 10.2 Å². The van der Waals surface area contributed by atoms with E-state index in [4.69, 9.17) is 0 Å². The fourth-order valence-electron chi connectivity index (χ4n) is 2.31. The Morgan fingerprint density at radius 2 is 1.89 bits per heavy atom. The topological polar surface area (TPSA) is 35.5 Å². The Morgan fingerprint density at radius 3 is 2.53 bits per heavy atom. The Morgan fingerprint density at radius 1 is 1.21 bits per heavy atom. The first-order valence-electron chi connectivity index (χ1n) is 6.29. The van der Waals surface area contributed by atoms with E-state index in [9.17, 15) is 18.3 Å². The quantitative estimate of drug-likeness (QED) is 0.883. The van der Waals surface area contributed by atoms with Crippen LogP contribution in [0.1, 0.15) is 11.1 Å². The third-order valence-corrected chi connectivity index (χ3v) is 3.34. The number of alkyl halides is 3. The van der Waals surface area contributed by atoms with Gasteiger partial charge in [0.1, 0.15) is 5.75 Å². The van der Waals surface area contributed by atoms with Crippen molar-refractivity contribution >= 4 is 0 Å². The summed E-state index contributed by atoms with van der Waals surface area (Å²) in [6, 6.07) is 3.56. The van der Waals surface area contributed by atoms with Crippen molar-refractivity contribution in [2.75, 3.05) is 32.7 Å². The van der Waals surface area contributed by atoms with Crippen LogP contribution in [-0.2, 0) is 12.6 Å². The highest BCUT2D eigenvalue weighted by Crippen LogP contribution is 2.35. The van der Waals surface area contributed by atoms with Gasteiger partial charge in [0.2, 0.25) is 0 Å². The number of rotatable bonds is 3. The molecule has 0 amide bonds. The molecule has 1 aliphatic rings. The van der Waals surface area contributed by atoms with Gasteiger partial charge in [-0.15, -0.1) is 0 Å². The molecule has 0 radical (unpaired) electrons. The summed E-state index contributed by atoms with van der Waals surface area (Å²) in [4.78, 5) is 2.10. The molecule has 19 heavy (non-hydrogen) atoms. The normalized spacial score (nSPS) is 17.6. The van der Waals surface area contributed by atoms with Crippen molar-refractivity contribution in [3.8, 4) is 5.75 Å². The highest BCUT2D eigenvalue weighted by Gasteiger charge is 2.34. The summed E-state index contributed by atoms with van der Waals surface area (Å²) in [6.45, 7) is 3.89. The van der Waals surface area contributed by atoms with Crippen LogP contribution >= 0.6 is 0 Å². The lowest BCUT2D eigenvalue weighted by atomic mass is 10.0. The van der Waals surface area contributed by atoms with Crippen molar-refractivity contribution in [3.63, 3.8) is 0 Å². The van der Waals surface area contributed by atoms with Crippen molar-refractivity contribution in [3.05, 3.63) is 29.3 Å². The zero-order valence-electron chi connectivity index (χ0n) is 10.5. The number of hydrogen-bond donors (Lipinski definition) is 2. The molecule has 6 heteroatoms. The van der Waals surface area contributed by atoms with Crippen LogP contribution in [0.2, 0.25) is 0 Å². The second-order valence-corrected chi connectivity index (χ2v) is 4.64. The standard InChI is InChI=1S/C13H17F3N2O/c14-13(15,16)11-2-1-3-12(19)10(11)4-7-18-8-5-17-6-9-18/h1-3,17,19H,4-9H2. The first-order valence-corrected chi connectivity index (χ1v) is 6.29. The molecule has 1 heterocycles. The number of hydrogen-bond acceptors (Lipinski definition) is 3. The van der Waals surface area contributed by atoms with Gasteiger partial charge in [-0.25, -0.2) is 0 Å². The van der Waals surface area contributed by atoms with Gasteiger partial charge in [-0.05, 0) is 18.6 Å². The molecule has 0 aromatic heterocycles. The van der Waals surface area contributed by atoms with Gasteiger partial charge in [0, 0.05) is 38.3 Å². The van der Waals surface area contributed by atoms with E-state index in [1.807, 2.05) is 0 Å². The van der Waals surface area contributed by atoms with E-state index < -0.39 is 11.7 Å². The Labute approximate surface area is 110 Å². The molecule has 1 aliphatic heterocycles. The zero-order valence-corrected chi connectivity index (χ0v) is 10.5. The Hall–Kier alpha value is -1.27. The van der Waals surface area contributed by atoms with Gasteiger partial charge in [0.05, 0.1) is 5.56 Å². The molecule has 0 bridgehead atoms. The average molecular weight is 274 g/mol. The van der Waals surface area contributed by atoms with Crippen molar-refractivity contribution in [1.29, 1.82) is 0 Å². The van der Waals surface area contributed by atoms with Crippen LogP contribution < -0.4 is 5.32 Å². The molecule has 0 unspecified atom stereocenters. The third kappa shape index (κ3) is 3.61. The fraction of sp³-hybridized carbons (Fsp3) is 0.538. The van der Waals surface area contributed by atoms with Crippen LogP contribution in [-0.4, -0.2) is 42.7 Å². The largest absolute Gasteiger partial charge is 0.508 e. The van der Waals surface area contributed by atoms with Crippen LogP contribution in [0.15, 0.2) is 18.2 Å². The van der Waals surface area contributed by atoms with Gasteiger partial charge < -0.3 is 15.3 Å². The number of benzene rings is 1. The predicted molar refractivity (Wildman–Crippen MR) is 66.1 cm³/mol. The molecular formula is C13H17F3N2O. The molecule has 2 rings (SSSR count). The van der Waals surface area contributed by atoms with E-state index >= 15 is 0 Å². The van der Waals surface area contributed by atoms with Crippen molar-refractivity contribution < 1.29 is 18.3 Å². The van der Waals surface area contributed by atoms with Crippen LogP contribution in [0.3, 0.4) is 0 Å². The lowest BCUT2D eigenvalue weighted by Crippen LogP contribution is -2.44. The maximum absolute atomic E-state index is 12.9. The van der Waals surface area contributed by atoms with E-state index in [0.717, 1.165) is 32.2 Å². The molecule has 1 aromatic carbocycles. The van der Waals surface area contributed by atoms with E-state index in [0.29, 0.717) is 6.54 Å².